The standard InChI is InChI=1S/C22H23NO6/c1-3-6-20(24)23-16-11-9-15(10-12-16)21(25)14(2)28-22(26)19-13-27-17-7-4-5-8-18(17)29-19/h4-5,7-12,14,19H,3,6,13H2,1-2H3,(H,23,24). The van der Waals surface area contributed by atoms with Crippen LogP contribution in [0.1, 0.15) is 37.0 Å². The molecule has 0 saturated heterocycles. The molecule has 0 aromatic heterocycles. The van der Waals surface area contributed by atoms with Gasteiger partial charge in [-0.1, -0.05) is 19.1 Å². The molecule has 1 aliphatic heterocycles. The van der Waals surface area contributed by atoms with E-state index in [2.05, 4.69) is 5.32 Å². The molecule has 0 saturated carbocycles. The molecule has 2 aromatic carbocycles. The summed E-state index contributed by atoms with van der Waals surface area (Å²) in [7, 11) is 0. The van der Waals surface area contributed by atoms with Crippen molar-refractivity contribution in [2.45, 2.75) is 38.9 Å². The fourth-order valence-corrected chi connectivity index (χ4v) is 2.84. The minimum Gasteiger partial charge on any atom is -0.485 e. The number of anilines is 1. The highest BCUT2D eigenvalue weighted by Gasteiger charge is 2.31. The quantitative estimate of drug-likeness (QED) is 0.569. The van der Waals surface area contributed by atoms with Crippen molar-refractivity contribution in [2.24, 2.45) is 0 Å². The van der Waals surface area contributed by atoms with Gasteiger partial charge in [0.2, 0.25) is 17.8 Å². The third kappa shape index (κ3) is 5.13. The molecular formula is C22H23NO6. The van der Waals surface area contributed by atoms with Gasteiger partial charge in [-0.05, 0) is 49.7 Å². The highest BCUT2D eigenvalue weighted by Crippen LogP contribution is 2.31. The van der Waals surface area contributed by atoms with Crippen LogP contribution in [-0.2, 0) is 14.3 Å². The largest absolute Gasteiger partial charge is 0.485 e. The Morgan fingerprint density at radius 1 is 1.10 bits per heavy atom. The molecular weight excluding hydrogens is 374 g/mol. The van der Waals surface area contributed by atoms with Gasteiger partial charge < -0.3 is 19.5 Å². The zero-order valence-electron chi connectivity index (χ0n) is 16.3. The minimum atomic E-state index is -0.983. The Morgan fingerprint density at radius 2 is 1.79 bits per heavy atom. The fourth-order valence-electron chi connectivity index (χ4n) is 2.84. The molecule has 152 valence electrons. The molecule has 1 amide bonds. The topological polar surface area (TPSA) is 90.9 Å². The first-order chi connectivity index (χ1) is 14.0. The highest BCUT2D eigenvalue weighted by molar-refractivity contribution is 6.01. The maximum atomic E-state index is 12.6. The molecule has 7 heteroatoms. The molecule has 2 atom stereocenters. The maximum absolute atomic E-state index is 12.6. The van der Waals surface area contributed by atoms with Gasteiger partial charge in [0.1, 0.15) is 6.61 Å². The van der Waals surface area contributed by atoms with Crippen molar-refractivity contribution in [3.8, 4) is 11.5 Å². The second-order valence-electron chi connectivity index (χ2n) is 6.68. The summed E-state index contributed by atoms with van der Waals surface area (Å²) < 4.78 is 16.4. The van der Waals surface area contributed by atoms with E-state index in [1.807, 2.05) is 13.0 Å². The summed E-state index contributed by atoms with van der Waals surface area (Å²) in [6.07, 6.45) is -0.724. The SMILES string of the molecule is CCCC(=O)Nc1ccc(C(=O)C(C)OC(=O)C2COc3ccccc3O2)cc1. The summed E-state index contributed by atoms with van der Waals surface area (Å²) in [6.45, 7) is 3.45. The number of benzene rings is 2. The Labute approximate surface area is 169 Å². The van der Waals surface area contributed by atoms with Crippen LogP contribution in [0.3, 0.4) is 0 Å². The highest BCUT2D eigenvalue weighted by atomic mass is 16.6. The van der Waals surface area contributed by atoms with Gasteiger partial charge in [-0.2, -0.15) is 0 Å². The van der Waals surface area contributed by atoms with Crippen molar-refractivity contribution in [3.05, 3.63) is 54.1 Å². The lowest BCUT2D eigenvalue weighted by molar-refractivity contribution is -0.157. The minimum absolute atomic E-state index is 0.0168. The van der Waals surface area contributed by atoms with Crippen LogP contribution in [0.2, 0.25) is 0 Å². The van der Waals surface area contributed by atoms with Gasteiger partial charge in [-0.25, -0.2) is 4.79 Å². The van der Waals surface area contributed by atoms with E-state index in [-0.39, 0.29) is 18.3 Å². The van der Waals surface area contributed by atoms with Crippen LogP contribution in [0.15, 0.2) is 48.5 Å². The molecule has 1 N–H and O–H groups in total. The van der Waals surface area contributed by atoms with Gasteiger partial charge in [0.25, 0.3) is 0 Å². The van der Waals surface area contributed by atoms with E-state index < -0.39 is 18.2 Å². The monoisotopic (exact) mass is 397 g/mol. The van der Waals surface area contributed by atoms with Crippen LogP contribution >= 0.6 is 0 Å². The van der Waals surface area contributed by atoms with Crippen molar-refractivity contribution in [2.75, 3.05) is 11.9 Å². The molecule has 0 aliphatic carbocycles. The number of fused-ring (bicyclic) bond motifs is 1. The Balaban J connectivity index is 1.56. The summed E-state index contributed by atoms with van der Waals surface area (Å²) in [6, 6.07) is 13.5. The number of amides is 1. The number of esters is 1. The lowest BCUT2D eigenvalue weighted by atomic mass is 10.1. The van der Waals surface area contributed by atoms with E-state index in [0.29, 0.717) is 29.2 Å². The van der Waals surface area contributed by atoms with Gasteiger partial charge in [0.05, 0.1) is 0 Å². The van der Waals surface area contributed by atoms with E-state index in [1.54, 1.807) is 42.5 Å². The second kappa shape index (κ2) is 9.23. The molecule has 7 nitrogen and oxygen atoms in total. The summed E-state index contributed by atoms with van der Waals surface area (Å²) in [4.78, 5) is 36.6. The summed E-state index contributed by atoms with van der Waals surface area (Å²) in [5, 5.41) is 2.76. The van der Waals surface area contributed by atoms with Gasteiger partial charge in [0.15, 0.2) is 17.6 Å². The Bertz CT molecular complexity index is 892. The van der Waals surface area contributed by atoms with E-state index in [4.69, 9.17) is 14.2 Å². The predicted octanol–water partition coefficient (Wildman–Crippen LogP) is 3.38. The Kier molecular flexibility index (Phi) is 6.49. The molecule has 2 aromatic rings. The van der Waals surface area contributed by atoms with Crippen LogP contribution in [0, 0.1) is 0 Å². The number of Topliss-reactive ketones (excluding diaryl/α,β-unsaturated/α-hetero) is 1. The van der Waals surface area contributed by atoms with Crippen LogP contribution in [0.4, 0.5) is 5.69 Å². The number of hydrogen-bond acceptors (Lipinski definition) is 6. The van der Waals surface area contributed by atoms with Crippen LogP contribution in [-0.4, -0.2) is 36.5 Å². The van der Waals surface area contributed by atoms with Crippen LogP contribution < -0.4 is 14.8 Å². The smallest absolute Gasteiger partial charge is 0.351 e. The molecule has 0 bridgehead atoms. The normalized spacial score (nSPS) is 15.9. The Hall–Kier alpha value is -3.35. The predicted molar refractivity (Wildman–Crippen MR) is 106 cm³/mol. The first kappa shape index (κ1) is 20.4. The zero-order valence-corrected chi connectivity index (χ0v) is 16.3. The number of carbonyl (C=O) groups is 3. The van der Waals surface area contributed by atoms with E-state index in [1.165, 1.54) is 6.92 Å². The number of carbonyl (C=O) groups excluding carboxylic acids is 3. The van der Waals surface area contributed by atoms with E-state index in [9.17, 15) is 14.4 Å². The molecule has 29 heavy (non-hydrogen) atoms. The third-order valence-electron chi connectivity index (χ3n) is 4.36. The average Bonchev–Trinajstić information content (AvgIpc) is 2.73. The van der Waals surface area contributed by atoms with E-state index >= 15 is 0 Å². The van der Waals surface area contributed by atoms with Gasteiger partial charge in [-0.15, -0.1) is 0 Å². The van der Waals surface area contributed by atoms with Gasteiger partial charge in [-0.3, -0.25) is 9.59 Å². The third-order valence-corrected chi connectivity index (χ3v) is 4.36. The van der Waals surface area contributed by atoms with Crippen molar-refractivity contribution < 1.29 is 28.6 Å². The number of para-hydroxylation sites is 2. The molecule has 2 unspecified atom stereocenters. The fraction of sp³-hybridized carbons (Fsp3) is 0.318. The molecule has 0 radical (unpaired) electrons. The van der Waals surface area contributed by atoms with E-state index in [0.717, 1.165) is 6.42 Å². The number of rotatable bonds is 7. The van der Waals surface area contributed by atoms with Crippen LogP contribution in [0.25, 0.3) is 0 Å². The van der Waals surface area contributed by atoms with Crippen molar-refractivity contribution >= 4 is 23.3 Å². The second-order valence-corrected chi connectivity index (χ2v) is 6.68. The molecule has 0 fully saturated rings. The zero-order chi connectivity index (χ0) is 20.8. The summed E-state index contributed by atoms with van der Waals surface area (Å²) in [5.41, 5.74) is 0.987. The summed E-state index contributed by atoms with van der Waals surface area (Å²) in [5.74, 6) is -0.0666. The molecule has 3 rings (SSSR count). The van der Waals surface area contributed by atoms with Gasteiger partial charge in [0, 0.05) is 17.7 Å². The molecule has 1 heterocycles. The first-order valence-electron chi connectivity index (χ1n) is 9.51. The lowest BCUT2D eigenvalue weighted by Crippen LogP contribution is -2.40. The number of ketones is 1. The average molecular weight is 397 g/mol. The Morgan fingerprint density at radius 3 is 2.48 bits per heavy atom. The molecule has 1 aliphatic rings. The number of nitrogens with one attached hydrogen (secondary N) is 1. The van der Waals surface area contributed by atoms with Gasteiger partial charge >= 0.3 is 5.97 Å². The molecule has 0 spiro atoms. The van der Waals surface area contributed by atoms with Crippen LogP contribution in [0.5, 0.6) is 11.5 Å². The summed E-state index contributed by atoms with van der Waals surface area (Å²) >= 11 is 0. The number of hydrogen-bond donors (Lipinski definition) is 1. The first-order valence-corrected chi connectivity index (χ1v) is 9.51. The van der Waals surface area contributed by atoms with Crippen molar-refractivity contribution in [1.82, 2.24) is 0 Å². The number of ether oxygens (including phenoxy) is 3. The maximum Gasteiger partial charge on any atom is 0.351 e. The van der Waals surface area contributed by atoms with Crippen molar-refractivity contribution in [1.29, 1.82) is 0 Å². The van der Waals surface area contributed by atoms with Crippen molar-refractivity contribution in [3.63, 3.8) is 0 Å². The lowest BCUT2D eigenvalue weighted by Gasteiger charge is -2.25.